The summed E-state index contributed by atoms with van der Waals surface area (Å²) < 4.78 is 10.9. The lowest BCUT2D eigenvalue weighted by Crippen LogP contribution is -2.52. The van der Waals surface area contributed by atoms with Crippen molar-refractivity contribution in [2.24, 2.45) is 0 Å². The van der Waals surface area contributed by atoms with Crippen molar-refractivity contribution in [3.63, 3.8) is 0 Å². The van der Waals surface area contributed by atoms with E-state index < -0.39 is 6.04 Å². The number of methoxy groups -OCH3 is 1. The van der Waals surface area contributed by atoms with Gasteiger partial charge in [-0.2, -0.15) is 0 Å². The molecule has 3 rings (SSSR count). The molecule has 2 aromatic rings. The zero-order valence-corrected chi connectivity index (χ0v) is 20.5. The average Bonchev–Trinajstić information content (AvgIpc) is 3.32. The third kappa shape index (κ3) is 6.78. The maximum absolute atomic E-state index is 13.3. The predicted molar refractivity (Wildman–Crippen MR) is 130 cm³/mol. The highest BCUT2D eigenvalue weighted by Crippen LogP contribution is 2.27. The Kier molecular flexibility index (Phi) is 9.27. The first-order valence-corrected chi connectivity index (χ1v) is 12.0. The van der Waals surface area contributed by atoms with Crippen LogP contribution in [0, 0.1) is 0 Å². The van der Waals surface area contributed by atoms with Crippen LogP contribution in [0.15, 0.2) is 42.5 Å². The molecular weight excluding hydrogens is 463 g/mol. The summed E-state index contributed by atoms with van der Waals surface area (Å²) in [5.41, 5.74) is 0.603. The molecule has 1 atom stereocenters. The second-order valence-corrected chi connectivity index (χ2v) is 8.91. The van der Waals surface area contributed by atoms with Gasteiger partial charge >= 0.3 is 0 Å². The second kappa shape index (κ2) is 12.1. The summed E-state index contributed by atoms with van der Waals surface area (Å²) in [4.78, 5) is 28.0. The Hall–Kier alpha value is -2.44. The van der Waals surface area contributed by atoms with Crippen LogP contribution in [0.5, 0.6) is 11.5 Å². The fraction of sp³-hybridized carbons (Fsp3) is 0.440. The van der Waals surface area contributed by atoms with Crippen LogP contribution in [-0.2, 0) is 16.1 Å². The molecular formula is C25H30Cl2N2O4. The second-order valence-electron chi connectivity index (χ2n) is 8.10. The topological polar surface area (TPSA) is 67.9 Å². The van der Waals surface area contributed by atoms with Gasteiger partial charge in [0, 0.05) is 28.2 Å². The number of hydrogen-bond donors (Lipinski definition) is 1. The van der Waals surface area contributed by atoms with E-state index in [9.17, 15) is 9.59 Å². The highest BCUT2D eigenvalue weighted by Gasteiger charge is 2.31. The van der Waals surface area contributed by atoms with Gasteiger partial charge in [0.25, 0.3) is 5.91 Å². The standard InChI is InChI=1S/C25H30Cl2N2O4/c1-3-23(25(31)28-17-7-4-5-8-17)29(15-20-21(26)9-6-10-22(20)27)24(30)16-33-19-13-11-18(32-2)12-14-19/h6,9-14,17,23H,3-5,7-8,15-16H2,1-2H3,(H,28,31)/t23-/m1/s1. The van der Waals surface area contributed by atoms with Gasteiger partial charge in [0.2, 0.25) is 5.91 Å². The van der Waals surface area contributed by atoms with E-state index in [1.54, 1.807) is 49.6 Å². The Bertz CT molecular complexity index is 926. The molecule has 0 aliphatic heterocycles. The van der Waals surface area contributed by atoms with Crippen molar-refractivity contribution in [1.29, 1.82) is 0 Å². The van der Waals surface area contributed by atoms with Gasteiger partial charge in [-0.15, -0.1) is 0 Å². The summed E-state index contributed by atoms with van der Waals surface area (Å²) in [5, 5.41) is 4.01. The van der Waals surface area contributed by atoms with Crippen molar-refractivity contribution < 1.29 is 19.1 Å². The van der Waals surface area contributed by atoms with Crippen LogP contribution in [0.1, 0.15) is 44.6 Å². The molecule has 2 amide bonds. The largest absolute Gasteiger partial charge is 0.497 e. The monoisotopic (exact) mass is 492 g/mol. The fourth-order valence-corrected chi connectivity index (χ4v) is 4.56. The van der Waals surface area contributed by atoms with E-state index in [4.69, 9.17) is 32.7 Å². The molecule has 33 heavy (non-hydrogen) atoms. The van der Waals surface area contributed by atoms with Gasteiger partial charge in [0.05, 0.1) is 7.11 Å². The number of nitrogens with one attached hydrogen (secondary N) is 1. The number of amides is 2. The molecule has 0 aromatic heterocycles. The summed E-state index contributed by atoms with van der Waals surface area (Å²) in [5.74, 6) is 0.738. The quantitative estimate of drug-likeness (QED) is 0.491. The molecule has 178 valence electrons. The Morgan fingerprint density at radius 2 is 1.67 bits per heavy atom. The maximum atomic E-state index is 13.3. The Balaban J connectivity index is 1.79. The summed E-state index contributed by atoms with van der Waals surface area (Å²) >= 11 is 12.8. The van der Waals surface area contributed by atoms with Crippen LogP contribution >= 0.6 is 23.2 Å². The fourth-order valence-electron chi connectivity index (χ4n) is 4.04. The van der Waals surface area contributed by atoms with Crippen LogP contribution in [-0.4, -0.2) is 42.5 Å². The normalized spacial score (nSPS) is 14.5. The van der Waals surface area contributed by atoms with Gasteiger partial charge in [-0.25, -0.2) is 0 Å². The molecule has 8 heteroatoms. The van der Waals surface area contributed by atoms with E-state index in [1.165, 1.54) is 4.90 Å². The first-order valence-electron chi connectivity index (χ1n) is 11.2. The Labute approximate surface area is 205 Å². The van der Waals surface area contributed by atoms with Crippen molar-refractivity contribution in [2.45, 2.75) is 57.7 Å². The Morgan fingerprint density at radius 3 is 2.24 bits per heavy atom. The Morgan fingerprint density at radius 1 is 1.06 bits per heavy atom. The minimum Gasteiger partial charge on any atom is -0.497 e. The molecule has 2 aromatic carbocycles. The molecule has 0 bridgehead atoms. The number of hydrogen-bond acceptors (Lipinski definition) is 4. The molecule has 6 nitrogen and oxygen atoms in total. The lowest BCUT2D eigenvalue weighted by molar-refractivity contribution is -0.143. The zero-order valence-electron chi connectivity index (χ0n) is 19.0. The summed E-state index contributed by atoms with van der Waals surface area (Å²) in [7, 11) is 1.58. The van der Waals surface area contributed by atoms with Gasteiger partial charge in [-0.1, -0.05) is 49.0 Å². The van der Waals surface area contributed by atoms with Crippen molar-refractivity contribution in [3.05, 3.63) is 58.1 Å². The number of nitrogens with zero attached hydrogens (tertiary/aromatic N) is 1. The summed E-state index contributed by atoms with van der Waals surface area (Å²) in [6.45, 7) is 1.78. The average molecular weight is 493 g/mol. The lowest BCUT2D eigenvalue weighted by Gasteiger charge is -2.32. The number of benzene rings is 2. The first kappa shape index (κ1) is 25.2. The van der Waals surface area contributed by atoms with Crippen LogP contribution in [0.2, 0.25) is 10.0 Å². The van der Waals surface area contributed by atoms with Crippen LogP contribution in [0.3, 0.4) is 0 Å². The smallest absolute Gasteiger partial charge is 0.261 e. The molecule has 0 spiro atoms. The lowest BCUT2D eigenvalue weighted by atomic mass is 10.1. The van der Waals surface area contributed by atoms with E-state index in [-0.39, 0.29) is 31.0 Å². The molecule has 1 saturated carbocycles. The van der Waals surface area contributed by atoms with E-state index in [0.29, 0.717) is 33.5 Å². The minimum absolute atomic E-state index is 0.111. The highest BCUT2D eigenvalue weighted by atomic mass is 35.5. The van der Waals surface area contributed by atoms with Crippen molar-refractivity contribution in [3.8, 4) is 11.5 Å². The molecule has 1 aliphatic carbocycles. The van der Waals surface area contributed by atoms with E-state index in [0.717, 1.165) is 25.7 Å². The van der Waals surface area contributed by atoms with Gasteiger partial charge in [-0.05, 0) is 55.7 Å². The van der Waals surface area contributed by atoms with Crippen molar-refractivity contribution in [1.82, 2.24) is 10.2 Å². The van der Waals surface area contributed by atoms with Crippen LogP contribution in [0.25, 0.3) is 0 Å². The highest BCUT2D eigenvalue weighted by molar-refractivity contribution is 6.36. The van der Waals surface area contributed by atoms with Crippen LogP contribution < -0.4 is 14.8 Å². The van der Waals surface area contributed by atoms with E-state index in [1.807, 2.05) is 6.92 Å². The van der Waals surface area contributed by atoms with Crippen molar-refractivity contribution in [2.75, 3.05) is 13.7 Å². The molecule has 1 fully saturated rings. The number of ether oxygens (including phenoxy) is 2. The van der Waals surface area contributed by atoms with Gasteiger partial charge in [0.15, 0.2) is 6.61 Å². The third-order valence-corrected chi connectivity index (χ3v) is 6.61. The minimum atomic E-state index is -0.662. The van der Waals surface area contributed by atoms with Gasteiger partial charge < -0.3 is 19.7 Å². The predicted octanol–water partition coefficient (Wildman–Crippen LogP) is 5.25. The first-order chi connectivity index (χ1) is 15.9. The molecule has 0 saturated heterocycles. The van der Waals surface area contributed by atoms with Gasteiger partial charge in [-0.3, -0.25) is 9.59 Å². The summed E-state index contributed by atoms with van der Waals surface area (Å²) in [6, 6.07) is 11.6. The number of rotatable bonds is 10. The number of carbonyl (C=O) groups excluding carboxylic acids is 2. The number of halogens is 2. The van der Waals surface area contributed by atoms with E-state index >= 15 is 0 Å². The maximum Gasteiger partial charge on any atom is 0.261 e. The molecule has 0 heterocycles. The molecule has 0 radical (unpaired) electrons. The van der Waals surface area contributed by atoms with Crippen LogP contribution in [0.4, 0.5) is 0 Å². The number of carbonyl (C=O) groups is 2. The zero-order chi connectivity index (χ0) is 23.8. The van der Waals surface area contributed by atoms with E-state index in [2.05, 4.69) is 5.32 Å². The summed E-state index contributed by atoms with van der Waals surface area (Å²) in [6.07, 6.45) is 4.60. The third-order valence-electron chi connectivity index (χ3n) is 5.90. The molecule has 1 N–H and O–H groups in total. The SMILES string of the molecule is CC[C@H](C(=O)NC1CCCC1)N(Cc1c(Cl)cccc1Cl)C(=O)COc1ccc(OC)cc1. The van der Waals surface area contributed by atoms with Crippen molar-refractivity contribution >= 4 is 35.0 Å². The van der Waals surface area contributed by atoms with Gasteiger partial charge in [0.1, 0.15) is 17.5 Å². The molecule has 0 unspecified atom stereocenters. The molecule has 1 aliphatic rings.